The summed E-state index contributed by atoms with van der Waals surface area (Å²) in [4.78, 5) is 8.47. The normalized spacial score (nSPS) is 16.2. The van der Waals surface area contributed by atoms with E-state index in [1.807, 2.05) is 0 Å². The highest BCUT2D eigenvalue weighted by atomic mass is 32.1. The van der Waals surface area contributed by atoms with E-state index in [9.17, 15) is 0 Å². The Balaban J connectivity index is 1.81. The van der Waals surface area contributed by atoms with E-state index in [1.54, 1.807) is 11.3 Å². The first kappa shape index (κ1) is 12.1. The largest absolute Gasteiger partial charge is 0.297 e. The molecule has 1 fully saturated rings. The molecular formula is C16H17N3S. The predicted octanol–water partition coefficient (Wildman–Crippen LogP) is 3.66. The molecule has 0 aliphatic carbocycles. The zero-order valence-electron chi connectivity index (χ0n) is 11.3. The predicted molar refractivity (Wildman–Crippen MR) is 83.0 cm³/mol. The Kier molecular flexibility index (Phi) is 3.05. The van der Waals surface area contributed by atoms with E-state index in [0.29, 0.717) is 0 Å². The number of benzene rings is 1. The lowest BCUT2D eigenvalue weighted by Crippen LogP contribution is -2.19. The number of aromatic nitrogens is 2. The standard InChI is InChI=1S/C16H17N3S/c1-2-6-13(7-3-1)15-14(12-18-8-4-5-9-18)19-10-11-20-16(19)17-15/h1-3,6-7,10-11H,4-5,8-9,12H2. The summed E-state index contributed by atoms with van der Waals surface area (Å²) in [5.74, 6) is 0. The fourth-order valence-electron chi connectivity index (χ4n) is 2.96. The number of likely N-dealkylation sites (tertiary alicyclic amines) is 1. The van der Waals surface area contributed by atoms with Gasteiger partial charge in [-0.05, 0) is 25.9 Å². The quantitative estimate of drug-likeness (QED) is 0.731. The van der Waals surface area contributed by atoms with E-state index in [1.165, 1.54) is 37.2 Å². The molecule has 1 saturated heterocycles. The van der Waals surface area contributed by atoms with E-state index in [4.69, 9.17) is 4.98 Å². The number of rotatable bonds is 3. The lowest BCUT2D eigenvalue weighted by Gasteiger charge is -2.15. The van der Waals surface area contributed by atoms with Crippen LogP contribution in [0, 0.1) is 0 Å². The van der Waals surface area contributed by atoms with Crippen molar-refractivity contribution in [3.8, 4) is 11.3 Å². The Bertz CT molecular complexity index is 708. The van der Waals surface area contributed by atoms with Gasteiger partial charge in [0.2, 0.25) is 0 Å². The summed E-state index contributed by atoms with van der Waals surface area (Å²) in [6, 6.07) is 10.5. The average Bonchev–Trinajstić information content (AvgIpc) is 3.19. The van der Waals surface area contributed by atoms with Crippen LogP contribution < -0.4 is 0 Å². The minimum absolute atomic E-state index is 1.00. The Labute approximate surface area is 122 Å². The number of imidazole rings is 1. The number of thiazole rings is 1. The van der Waals surface area contributed by atoms with Gasteiger partial charge in [0.1, 0.15) is 0 Å². The van der Waals surface area contributed by atoms with E-state index >= 15 is 0 Å². The lowest BCUT2D eigenvalue weighted by molar-refractivity contribution is 0.327. The summed E-state index contributed by atoms with van der Waals surface area (Å²) < 4.78 is 2.26. The fourth-order valence-corrected chi connectivity index (χ4v) is 3.70. The van der Waals surface area contributed by atoms with Gasteiger partial charge in [0.15, 0.2) is 4.96 Å². The van der Waals surface area contributed by atoms with Crippen LogP contribution in [0.15, 0.2) is 41.9 Å². The monoisotopic (exact) mass is 283 g/mol. The van der Waals surface area contributed by atoms with Crippen LogP contribution in [0.2, 0.25) is 0 Å². The maximum Gasteiger partial charge on any atom is 0.194 e. The van der Waals surface area contributed by atoms with Crippen molar-refractivity contribution < 1.29 is 0 Å². The molecule has 0 saturated carbocycles. The summed E-state index contributed by atoms with van der Waals surface area (Å²) in [5, 5.41) is 2.12. The Morgan fingerprint density at radius 1 is 1.10 bits per heavy atom. The lowest BCUT2D eigenvalue weighted by atomic mass is 10.1. The topological polar surface area (TPSA) is 20.5 Å². The highest BCUT2D eigenvalue weighted by Crippen LogP contribution is 2.28. The van der Waals surface area contributed by atoms with E-state index in [-0.39, 0.29) is 0 Å². The van der Waals surface area contributed by atoms with Crippen LogP contribution in [0.25, 0.3) is 16.2 Å². The highest BCUT2D eigenvalue weighted by Gasteiger charge is 2.19. The summed E-state index contributed by atoms with van der Waals surface area (Å²) in [6.07, 6.45) is 4.79. The Morgan fingerprint density at radius 3 is 2.70 bits per heavy atom. The zero-order chi connectivity index (χ0) is 13.4. The van der Waals surface area contributed by atoms with Crippen molar-refractivity contribution in [1.82, 2.24) is 14.3 Å². The van der Waals surface area contributed by atoms with Gasteiger partial charge in [0.05, 0.1) is 11.4 Å². The van der Waals surface area contributed by atoms with Crippen LogP contribution in [-0.2, 0) is 6.54 Å². The van der Waals surface area contributed by atoms with Gasteiger partial charge in [-0.3, -0.25) is 9.30 Å². The minimum Gasteiger partial charge on any atom is -0.297 e. The Hall–Kier alpha value is -1.65. The molecule has 0 atom stereocenters. The maximum atomic E-state index is 4.84. The second kappa shape index (κ2) is 5.04. The van der Waals surface area contributed by atoms with Crippen molar-refractivity contribution >= 4 is 16.3 Å². The smallest absolute Gasteiger partial charge is 0.194 e. The van der Waals surface area contributed by atoms with Crippen molar-refractivity contribution in [3.05, 3.63) is 47.6 Å². The second-order valence-electron chi connectivity index (χ2n) is 5.31. The molecule has 0 radical (unpaired) electrons. The SMILES string of the molecule is c1ccc(-c2nc3sccn3c2CN2CCCC2)cc1. The zero-order valence-corrected chi connectivity index (χ0v) is 12.1. The molecule has 3 nitrogen and oxygen atoms in total. The molecule has 2 aromatic heterocycles. The number of hydrogen-bond donors (Lipinski definition) is 0. The van der Waals surface area contributed by atoms with Crippen molar-refractivity contribution in [1.29, 1.82) is 0 Å². The fraction of sp³-hybridized carbons (Fsp3) is 0.312. The number of fused-ring (bicyclic) bond motifs is 1. The molecule has 102 valence electrons. The van der Waals surface area contributed by atoms with Gasteiger partial charge in [-0.15, -0.1) is 11.3 Å². The molecule has 1 aliphatic heterocycles. The molecular weight excluding hydrogens is 266 g/mol. The van der Waals surface area contributed by atoms with Gasteiger partial charge in [-0.25, -0.2) is 4.98 Å². The molecule has 4 rings (SSSR count). The molecule has 0 amide bonds. The van der Waals surface area contributed by atoms with Crippen LogP contribution in [0.1, 0.15) is 18.5 Å². The highest BCUT2D eigenvalue weighted by molar-refractivity contribution is 7.15. The van der Waals surface area contributed by atoms with Crippen molar-refractivity contribution in [2.75, 3.05) is 13.1 Å². The molecule has 20 heavy (non-hydrogen) atoms. The van der Waals surface area contributed by atoms with Crippen molar-refractivity contribution in [2.45, 2.75) is 19.4 Å². The van der Waals surface area contributed by atoms with Crippen LogP contribution in [0.4, 0.5) is 0 Å². The minimum atomic E-state index is 1.00. The summed E-state index contributed by atoms with van der Waals surface area (Å²) >= 11 is 1.71. The van der Waals surface area contributed by atoms with Gasteiger partial charge in [-0.1, -0.05) is 30.3 Å². The third kappa shape index (κ3) is 2.05. The molecule has 1 aliphatic rings. The first-order valence-corrected chi connectivity index (χ1v) is 8.02. The molecule has 1 aromatic carbocycles. The number of hydrogen-bond acceptors (Lipinski definition) is 3. The van der Waals surface area contributed by atoms with Crippen LogP contribution in [0.5, 0.6) is 0 Å². The third-order valence-corrected chi connectivity index (χ3v) is 4.74. The molecule has 0 spiro atoms. The van der Waals surface area contributed by atoms with E-state index in [2.05, 4.69) is 51.2 Å². The first-order valence-electron chi connectivity index (χ1n) is 7.14. The summed E-state index contributed by atoms with van der Waals surface area (Å²) in [7, 11) is 0. The van der Waals surface area contributed by atoms with E-state index < -0.39 is 0 Å². The van der Waals surface area contributed by atoms with Gasteiger partial charge in [-0.2, -0.15) is 0 Å². The maximum absolute atomic E-state index is 4.84. The molecule has 4 heteroatoms. The van der Waals surface area contributed by atoms with Crippen molar-refractivity contribution in [3.63, 3.8) is 0 Å². The average molecular weight is 283 g/mol. The van der Waals surface area contributed by atoms with Gasteiger partial charge in [0.25, 0.3) is 0 Å². The molecule has 0 N–H and O–H groups in total. The molecule has 3 heterocycles. The van der Waals surface area contributed by atoms with Gasteiger partial charge in [0, 0.05) is 23.7 Å². The van der Waals surface area contributed by atoms with Crippen molar-refractivity contribution in [2.24, 2.45) is 0 Å². The first-order chi connectivity index (χ1) is 9.92. The summed E-state index contributed by atoms with van der Waals surface area (Å²) in [5.41, 5.74) is 3.69. The molecule has 3 aromatic rings. The molecule has 0 bridgehead atoms. The Morgan fingerprint density at radius 2 is 1.90 bits per heavy atom. The number of nitrogens with zero attached hydrogens (tertiary/aromatic N) is 3. The van der Waals surface area contributed by atoms with E-state index in [0.717, 1.165) is 17.2 Å². The van der Waals surface area contributed by atoms with Gasteiger partial charge >= 0.3 is 0 Å². The summed E-state index contributed by atoms with van der Waals surface area (Å²) in [6.45, 7) is 3.43. The molecule has 0 unspecified atom stereocenters. The second-order valence-corrected chi connectivity index (χ2v) is 6.18. The van der Waals surface area contributed by atoms with Gasteiger partial charge < -0.3 is 0 Å². The van der Waals surface area contributed by atoms with Crippen LogP contribution >= 0.6 is 11.3 Å². The van der Waals surface area contributed by atoms with Crippen LogP contribution in [0.3, 0.4) is 0 Å². The third-order valence-electron chi connectivity index (χ3n) is 3.98. The van der Waals surface area contributed by atoms with Crippen LogP contribution in [-0.4, -0.2) is 27.4 Å².